The van der Waals surface area contributed by atoms with Crippen molar-refractivity contribution in [3.8, 4) is 11.5 Å². The van der Waals surface area contributed by atoms with Gasteiger partial charge in [0.05, 0.1) is 31.8 Å². The van der Waals surface area contributed by atoms with E-state index in [1.165, 1.54) is 5.56 Å². The first-order chi connectivity index (χ1) is 10.2. The lowest BCUT2D eigenvalue weighted by atomic mass is 10.2. The number of hydrogen-bond acceptors (Lipinski definition) is 3. The van der Waals surface area contributed by atoms with Gasteiger partial charge >= 0.3 is 0 Å². The lowest BCUT2D eigenvalue weighted by Crippen LogP contribution is -2.00. The van der Waals surface area contributed by atoms with Crippen LogP contribution in [0, 0.1) is 4.77 Å². The van der Waals surface area contributed by atoms with Crippen LogP contribution < -0.4 is 9.47 Å². The van der Waals surface area contributed by atoms with E-state index in [1.807, 2.05) is 30.3 Å². The molecule has 0 radical (unpaired) electrons. The Morgan fingerprint density at radius 3 is 2.38 bits per heavy atom. The summed E-state index contributed by atoms with van der Waals surface area (Å²) < 4.78 is 13.4. The van der Waals surface area contributed by atoms with Gasteiger partial charge in [-0.1, -0.05) is 30.3 Å². The second-order valence-corrected chi connectivity index (χ2v) is 5.11. The topological polar surface area (TPSA) is 39.2 Å². The van der Waals surface area contributed by atoms with E-state index in [4.69, 9.17) is 21.7 Å². The molecular weight excluding hydrogens is 284 g/mol. The van der Waals surface area contributed by atoms with Gasteiger partial charge in [0.2, 0.25) is 0 Å². The van der Waals surface area contributed by atoms with Crippen molar-refractivity contribution >= 4 is 23.3 Å². The quantitative estimate of drug-likeness (QED) is 0.746. The molecule has 0 saturated heterocycles. The molecule has 0 amide bonds. The number of aromatic nitrogens is 2. The van der Waals surface area contributed by atoms with Crippen LogP contribution >= 0.6 is 12.2 Å². The Morgan fingerprint density at radius 1 is 1.05 bits per heavy atom. The third kappa shape index (κ3) is 2.52. The zero-order valence-electron chi connectivity index (χ0n) is 11.9. The second kappa shape index (κ2) is 5.61. The number of imidazole rings is 1. The summed E-state index contributed by atoms with van der Waals surface area (Å²) in [6.45, 7) is 0.717. The molecule has 1 aromatic heterocycles. The molecule has 108 valence electrons. The number of fused-ring (bicyclic) bond motifs is 1. The van der Waals surface area contributed by atoms with Crippen molar-refractivity contribution in [2.24, 2.45) is 0 Å². The smallest absolute Gasteiger partial charge is 0.178 e. The summed E-state index contributed by atoms with van der Waals surface area (Å²) in [5.41, 5.74) is 3.14. The van der Waals surface area contributed by atoms with Crippen molar-refractivity contribution in [1.82, 2.24) is 9.55 Å². The molecule has 0 bridgehead atoms. The number of hydrogen-bond donors (Lipinski definition) is 1. The van der Waals surface area contributed by atoms with Gasteiger partial charge < -0.3 is 19.0 Å². The number of aromatic amines is 1. The first kappa shape index (κ1) is 13.7. The van der Waals surface area contributed by atoms with E-state index in [2.05, 4.69) is 21.7 Å². The molecule has 1 heterocycles. The molecule has 0 saturated carbocycles. The number of nitrogens with one attached hydrogen (secondary N) is 1. The number of nitrogens with zero attached hydrogens (tertiary/aromatic N) is 1. The molecule has 3 aromatic rings. The first-order valence-electron chi connectivity index (χ1n) is 6.61. The van der Waals surface area contributed by atoms with Crippen LogP contribution in [0.15, 0.2) is 42.5 Å². The maximum absolute atomic E-state index is 5.44. The average molecular weight is 300 g/mol. The summed E-state index contributed by atoms with van der Waals surface area (Å²) in [7, 11) is 3.26. The summed E-state index contributed by atoms with van der Waals surface area (Å²) >= 11 is 5.44. The normalized spacial score (nSPS) is 10.8. The standard InChI is InChI=1S/C16H16N2O2S/c1-19-14-8-12-13(9-15(14)20-2)18(16(21)17-12)10-11-6-4-3-5-7-11/h3-9H,10H2,1-2H3,(H,17,21). The molecule has 0 aliphatic carbocycles. The number of ether oxygens (including phenoxy) is 2. The van der Waals surface area contributed by atoms with Gasteiger partial charge in [0.1, 0.15) is 0 Å². The van der Waals surface area contributed by atoms with Crippen LogP contribution in [-0.2, 0) is 6.54 Å². The molecule has 0 spiro atoms. The van der Waals surface area contributed by atoms with Gasteiger partial charge in [-0.2, -0.15) is 0 Å². The SMILES string of the molecule is COc1cc2[nH]c(=S)n(Cc3ccccc3)c2cc1OC. The van der Waals surface area contributed by atoms with Gasteiger partial charge in [-0.3, -0.25) is 0 Å². The third-order valence-electron chi connectivity index (χ3n) is 3.46. The molecule has 0 aliphatic heterocycles. The highest BCUT2D eigenvalue weighted by molar-refractivity contribution is 7.71. The Morgan fingerprint density at radius 2 is 1.71 bits per heavy atom. The van der Waals surface area contributed by atoms with Crippen molar-refractivity contribution in [3.63, 3.8) is 0 Å². The molecule has 0 atom stereocenters. The Balaban J connectivity index is 2.14. The number of H-pyrrole nitrogens is 1. The molecule has 1 N–H and O–H groups in total. The summed E-state index contributed by atoms with van der Waals surface area (Å²) in [5, 5.41) is 0. The average Bonchev–Trinajstić information content (AvgIpc) is 2.82. The Bertz CT molecular complexity index is 821. The Labute approximate surface area is 127 Å². The highest BCUT2D eigenvalue weighted by atomic mass is 32.1. The van der Waals surface area contributed by atoms with Crippen LogP contribution in [-0.4, -0.2) is 23.8 Å². The van der Waals surface area contributed by atoms with E-state index in [0.29, 0.717) is 16.3 Å². The zero-order valence-corrected chi connectivity index (χ0v) is 12.7. The maximum atomic E-state index is 5.44. The van der Waals surface area contributed by atoms with Crippen molar-refractivity contribution in [3.05, 3.63) is 52.8 Å². The van der Waals surface area contributed by atoms with Crippen LogP contribution in [0.5, 0.6) is 11.5 Å². The minimum absolute atomic E-state index is 0.684. The lowest BCUT2D eigenvalue weighted by molar-refractivity contribution is 0.355. The van der Waals surface area contributed by atoms with Crippen molar-refractivity contribution < 1.29 is 9.47 Å². The minimum Gasteiger partial charge on any atom is -0.493 e. The maximum Gasteiger partial charge on any atom is 0.178 e. The van der Waals surface area contributed by atoms with Gasteiger partial charge in [-0.05, 0) is 17.8 Å². The highest BCUT2D eigenvalue weighted by Crippen LogP contribution is 2.32. The predicted octanol–water partition coefficient (Wildman–Crippen LogP) is 3.76. The fourth-order valence-electron chi connectivity index (χ4n) is 2.41. The van der Waals surface area contributed by atoms with Crippen LogP contribution in [0.25, 0.3) is 11.0 Å². The molecule has 0 fully saturated rings. The third-order valence-corrected chi connectivity index (χ3v) is 3.79. The fraction of sp³-hybridized carbons (Fsp3) is 0.188. The summed E-state index contributed by atoms with van der Waals surface area (Å²) in [6.07, 6.45) is 0. The summed E-state index contributed by atoms with van der Waals surface area (Å²) in [6, 6.07) is 14.1. The van der Waals surface area contributed by atoms with Crippen molar-refractivity contribution in [2.75, 3.05) is 14.2 Å². The predicted molar refractivity (Wildman–Crippen MR) is 85.8 cm³/mol. The fourth-order valence-corrected chi connectivity index (χ4v) is 2.68. The highest BCUT2D eigenvalue weighted by Gasteiger charge is 2.11. The van der Waals surface area contributed by atoms with E-state index in [9.17, 15) is 0 Å². The zero-order chi connectivity index (χ0) is 14.8. The number of benzene rings is 2. The van der Waals surface area contributed by atoms with E-state index in [1.54, 1.807) is 14.2 Å². The molecular formula is C16H16N2O2S. The Kier molecular flexibility index (Phi) is 3.66. The van der Waals surface area contributed by atoms with Crippen LogP contribution in [0.3, 0.4) is 0 Å². The van der Waals surface area contributed by atoms with Gasteiger partial charge in [0.25, 0.3) is 0 Å². The monoisotopic (exact) mass is 300 g/mol. The molecule has 3 rings (SSSR count). The second-order valence-electron chi connectivity index (χ2n) is 4.73. The van der Waals surface area contributed by atoms with Gasteiger partial charge in [0, 0.05) is 12.1 Å². The van der Waals surface area contributed by atoms with E-state index in [-0.39, 0.29) is 0 Å². The van der Waals surface area contributed by atoms with Crippen LogP contribution in [0.1, 0.15) is 5.56 Å². The van der Waals surface area contributed by atoms with Crippen LogP contribution in [0.4, 0.5) is 0 Å². The minimum atomic E-state index is 0.684. The largest absolute Gasteiger partial charge is 0.493 e. The van der Waals surface area contributed by atoms with Gasteiger partial charge in [0.15, 0.2) is 16.3 Å². The molecule has 2 aromatic carbocycles. The number of rotatable bonds is 4. The van der Waals surface area contributed by atoms with Crippen molar-refractivity contribution in [1.29, 1.82) is 0 Å². The molecule has 5 heteroatoms. The van der Waals surface area contributed by atoms with Gasteiger partial charge in [-0.15, -0.1) is 0 Å². The van der Waals surface area contributed by atoms with Gasteiger partial charge in [-0.25, -0.2) is 0 Å². The molecule has 4 nitrogen and oxygen atoms in total. The number of methoxy groups -OCH3 is 2. The van der Waals surface area contributed by atoms with E-state index in [0.717, 1.165) is 17.6 Å². The van der Waals surface area contributed by atoms with E-state index < -0.39 is 0 Å². The van der Waals surface area contributed by atoms with Crippen LogP contribution in [0.2, 0.25) is 0 Å². The molecule has 0 aliphatic rings. The Hall–Kier alpha value is -2.27. The van der Waals surface area contributed by atoms with Crippen molar-refractivity contribution in [2.45, 2.75) is 6.54 Å². The first-order valence-corrected chi connectivity index (χ1v) is 7.02. The summed E-state index contributed by atoms with van der Waals surface area (Å²) in [5.74, 6) is 1.38. The lowest BCUT2D eigenvalue weighted by Gasteiger charge is -2.09. The summed E-state index contributed by atoms with van der Waals surface area (Å²) in [4.78, 5) is 3.22. The van der Waals surface area contributed by atoms with E-state index >= 15 is 0 Å². The molecule has 21 heavy (non-hydrogen) atoms. The molecule has 0 unspecified atom stereocenters.